The van der Waals surface area contributed by atoms with Gasteiger partial charge in [-0.15, -0.1) is 0 Å². The molecule has 2 aromatic heterocycles. The van der Waals surface area contributed by atoms with E-state index in [1.54, 1.807) is 42.6 Å². The lowest BCUT2D eigenvalue weighted by atomic mass is 9.97. The molecule has 0 radical (unpaired) electrons. The quantitative estimate of drug-likeness (QED) is 0.625. The summed E-state index contributed by atoms with van der Waals surface area (Å²) >= 11 is 0. The molecule has 1 aliphatic rings. The van der Waals surface area contributed by atoms with Crippen molar-refractivity contribution in [3.05, 3.63) is 87.6 Å². The molecule has 0 atom stereocenters. The summed E-state index contributed by atoms with van der Waals surface area (Å²) in [5, 5.41) is 3.53. The summed E-state index contributed by atoms with van der Waals surface area (Å²) in [7, 11) is 0. The van der Waals surface area contributed by atoms with Gasteiger partial charge >= 0.3 is 0 Å². The minimum Gasteiger partial charge on any atom is -0.352 e. The summed E-state index contributed by atoms with van der Waals surface area (Å²) in [4.78, 5) is 30.2. The zero-order chi connectivity index (χ0) is 20.9. The van der Waals surface area contributed by atoms with Crippen LogP contribution in [0.1, 0.15) is 48.0 Å². The lowest BCUT2D eigenvalue weighted by Crippen LogP contribution is -2.34. The van der Waals surface area contributed by atoms with Crippen molar-refractivity contribution in [2.24, 2.45) is 0 Å². The minimum absolute atomic E-state index is 0.00697. The lowest BCUT2D eigenvalue weighted by molar-refractivity contribution is 0.0952. The van der Waals surface area contributed by atoms with Crippen LogP contribution >= 0.6 is 0 Å². The number of carbonyl (C=O) groups excluding carboxylic acids is 1. The molecule has 0 spiro atoms. The number of hydrogen-bond donors (Lipinski definition) is 1. The van der Waals surface area contributed by atoms with E-state index >= 15 is 0 Å². The fraction of sp³-hybridized carbons (Fsp3) is 0.292. The predicted molar refractivity (Wildman–Crippen MR) is 115 cm³/mol. The van der Waals surface area contributed by atoms with Crippen molar-refractivity contribution >= 4 is 16.9 Å². The first-order valence-electron chi connectivity index (χ1n) is 10.3. The zero-order valence-electron chi connectivity index (χ0n) is 16.7. The molecule has 154 valence electrons. The van der Waals surface area contributed by atoms with Crippen molar-refractivity contribution in [1.82, 2.24) is 14.9 Å². The Morgan fingerprint density at radius 3 is 2.83 bits per heavy atom. The highest BCUT2D eigenvalue weighted by Crippen LogP contribution is 2.19. The molecule has 0 saturated heterocycles. The van der Waals surface area contributed by atoms with E-state index < -0.39 is 17.3 Å². The summed E-state index contributed by atoms with van der Waals surface area (Å²) in [6.07, 6.45) is 9.22. The van der Waals surface area contributed by atoms with Gasteiger partial charge in [0.15, 0.2) is 0 Å². The highest BCUT2D eigenvalue weighted by atomic mass is 19.1. The molecule has 2 heterocycles. The molecule has 0 unspecified atom stereocenters. The first-order chi connectivity index (χ1) is 14.6. The second-order valence-electron chi connectivity index (χ2n) is 7.57. The largest absolute Gasteiger partial charge is 0.352 e. The number of carbonyl (C=O) groups is 1. The summed E-state index contributed by atoms with van der Waals surface area (Å²) in [5.74, 6) is -0.812. The van der Waals surface area contributed by atoms with Gasteiger partial charge in [-0.3, -0.25) is 14.2 Å². The van der Waals surface area contributed by atoms with Gasteiger partial charge in [-0.25, -0.2) is 9.37 Å². The van der Waals surface area contributed by atoms with Crippen LogP contribution < -0.4 is 10.9 Å². The van der Waals surface area contributed by atoms with Gasteiger partial charge < -0.3 is 5.32 Å². The van der Waals surface area contributed by atoms with Crippen molar-refractivity contribution in [1.29, 1.82) is 0 Å². The molecule has 1 aromatic carbocycles. The van der Waals surface area contributed by atoms with Crippen LogP contribution in [0.4, 0.5) is 4.39 Å². The summed E-state index contributed by atoms with van der Waals surface area (Å²) in [6, 6.07) is 11.4. The standard InChI is InChI=1S/C24H24FN3O2/c25-21-11-5-4-9-19(21)16-28-22-18(10-6-13-26-22)15-20(24(28)30)23(29)27-14-12-17-7-2-1-3-8-17/h4-7,9-11,13,15H,1-3,8,12,14,16H2,(H,27,29). The number of nitrogens with zero attached hydrogens (tertiary/aromatic N) is 2. The number of allylic oxidation sites excluding steroid dienone is 1. The molecule has 1 aliphatic carbocycles. The molecule has 0 bridgehead atoms. The van der Waals surface area contributed by atoms with Crippen molar-refractivity contribution in [3.8, 4) is 0 Å². The lowest BCUT2D eigenvalue weighted by Gasteiger charge is -2.14. The van der Waals surface area contributed by atoms with E-state index in [0.29, 0.717) is 23.1 Å². The Bertz CT molecular complexity index is 1170. The van der Waals surface area contributed by atoms with Gasteiger partial charge in [0.25, 0.3) is 11.5 Å². The topological polar surface area (TPSA) is 64.0 Å². The Labute approximate surface area is 174 Å². The highest BCUT2D eigenvalue weighted by molar-refractivity contribution is 5.96. The molecule has 1 amide bonds. The second-order valence-corrected chi connectivity index (χ2v) is 7.57. The van der Waals surface area contributed by atoms with E-state index in [4.69, 9.17) is 0 Å². The number of pyridine rings is 2. The van der Waals surface area contributed by atoms with Crippen molar-refractivity contribution in [3.63, 3.8) is 0 Å². The first kappa shape index (κ1) is 20.0. The van der Waals surface area contributed by atoms with Gasteiger partial charge in [-0.1, -0.05) is 29.8 Å². The molecule has 30 heavy (non-hydrogen) atoms. The van der Waals surface area contributed by atoms with Crippen LogP contribution in [-0.2, 0) is 6.54 Å². The van der Waals surface area contributed by atoms with E-state index in [9.17, 15) is 14.0 Å². The maximum absolute atomic E-state index is 14.2. The van der Waals surface area contributed by atoms with E-state index in [1.807, 2.05) is 0 Å². The van der Waals surface area contributed by atoms with E-state index in [0.717, 1.165) is 19.3 Å². The molecule has 3 aromatic rings. The summed E-state index contributed by atoms with van der Waals surface area (Å²) in [6.45, 7) is 0.496. The molecular formula is C24H24FN3O2. The van der Waals surface area contributed by atoms with Gasteiger partial charge in [0, 0.05) is 23.7 Å². The zero-order valence-corrected chi connectivity index (χ0v) is 16.7. The van der Waals surface area contributed by atoms with Crippen molar-refractivity contribution in [2.75, 3.05) is 6.54 Å². The third-order valence-electron chi connectivity index (χ3n) is 5.50. The van der Waals surface area contributed by atoms with Crippen LogP contribution in [0.15, 0.2) is 65.1 Å². The number of aromatic nitrogens is 2. The van der Waals surface area contributed by atoms with Crippen LogP contribution in [0.25, 0.3) is 11.0 Å². The van der Waals surface area contributed by atoms with Crippen molar-refractivity contribution in [2.45, 2.75) is 38.6 Å². The van der Waals surface area contributed by atoms with Crippen LogP contribution in [0.5, 0.6) is 0 Å². The fourth-order valence-corrected chi connectivity index (χ4v) is 3.88. The summed E-state index contributed by atoms with van der Waals surface area (Å²) in [5.41, 5.74) is 1.73. The third-order valence-corrected chi connectivity index (χ3v) is 5.50. The maximum Gasteiger partial charge on any atom is 0.265 e. The predicted octanol–water partition coefficient (Wildman–Crippen LogP) is 4.20. The Balaban J connectivity index is 1.62. The fourth-order valence-electron chi connectivity index (χ4n) is 3.88. The number of rotatable bonds is 6. The molecule has 0 saturated carbocycles. The Kier molecular flexibility index (Phi) is 6.02. The summed E-state index contributed by atoms with van der Waals surface area (Å²) < 4.78 is 15.6. The van der Waals surface area contributed by atoms with Crippen LogP contribution in [0.3, 0.4) is 0 Å². The van der Waals surface area contributed by atoms with Gasteiger partial charge in [0.2, 0.25) is 0 Å². The molecule has 6 heteroatoms. The average molecular weight is 405 g/mol. The van der Waals surface area contributed by atoms with E-state index in [1.165, 1.54) is 29.0 Å². The normalized spacial score (nSPS) is 13.8. The van der Waals surface area contributed by atoms with Crippen LogP contribution in [-0.4, -0.2) is 22.0 Å². The number of fused-ring (bicyclic) bond motifs is 1. The van der Waals surface area contributed by atoms with Gasteiger partial charge in [-0.05, 0) is 56.4 Å². The number of benzene rings is 1. The molecular weight excluding hydrogens is 381 g/mol. The minimum atomic E-state index is -0.473. The third kappa shape index (κ3) is 4.32. The Hall–Kier alpha value is -3.28. The molecule has 4 rings (SSSR count). The SMILES string of the molecule is O=C(NCCC1=CCCCC1)c1cc2cccnc2n(Cc2ccccc2F)c1=O. The first-order valence-corrected chi connectivity index (χ1v) is 10.3. The van der Waals surface area contributed by atoms with Gasteiger partial charge in [-0.2, -0.15) is 0 Å². The van der Waals surface area contributed by atoms with Gasteiger partial charge in [0.1, 0.15) is 17.0 Å². The monoisotopic (exact) mass is 405 g/mol. The van der Waals surface area contributed by atoms with E-state index in [2.05, 4.69) is 16.4 Å². The number of hydrogen-bond acceptors (Lipinski definition) is 3. The van der Waals surface area contributed by atoms with Gasteiger partial charge in [0.05, 0.1) is 6.54 Å². The molecule has 0 aliphatic heterocycles. The average Bonchev–Trinajstić information content (AvgIpc) is 2.77. The molecule has 0 fully saturated rings. The van der Waals surface area contributed by atoms with Crippen molar-refractivity contribution < 1.29 is 9.18 Å². The second kappa shape index (κ2) is 9.03. The van der Waals surface area contributed by atoms with Crippen LogP contribution in [0.2, 0.25) is 0 Å². The van der Waals surface area contributed by atoms with E-state index in [-0.39, 0.29) is 12.1 Å². The molecule has 5 nitrogen and oxygen atoms in total. The Morgan fingerprint density at radius 1 is 1.17 bits per heavy atom. The van der Waals surface area contributed by atoms with Crippen LogP contribution in [0, 0.1) is 5.82 Å². The smallest absolute Gasteiger partial charge is 0.265 e. The number of nitrogens with one attached hydrogen (secondary N) is 1. The molecule has 1 N–H and O–H groups in total. The number of amides is 1. The Morgan fingerprint density at radius 2 is 2.03 bits per heavy atom. The number of halogens is 1. The maximum atomic E-state index is 14.2. The highest BCUT2D eigenvalue weighted by Gasteiger charge is 2.17.